The van der Waals surface area contributed by atoms with Crippen LogP contribution in [0.2, 0.25) is 0 Å². The molecule has 0 aliphatic carbocycles. The van der Waals surface area contributed by atoms with Crippen molar-refractivity contribution in [3.63, 3.8) is 0 Å². The van der Waals surface area contributed by atoms with E-state index in [1.165, 1.54) is 0 Å². The Labute approximate surface area is 65.4 Å². The molecule has 7 heavy (non-hydrogen) atoms. The second-order valence-corrected chi connectivity index (χ2v) is 0. The normalized spacial score (nSPS) is 0. The second kappa shape index (κ2) is 264. The van der Waals surface area contributed by atoms with Crippen LogP contribution in [-0.2, 0) is 0 Å². The van der Waals surface area contributed by atoms with Gasteiger partial charge < -0.3 is 21.9 Å². The van der Waals surface area contributed by atoms with Crippen LogP contribution in [0.25, 0.3) is 0 Å². The smallest absolute Gasteiger partial charge is 0.187 e. The Bertz CT molecular complexity index is 9.65. The van der Waals surface area contributed by atoms with Gasteiger partial charge in [-0.15, -0.1) is 0 Å². The molecule has 0 aromatic carbocycles. The third-order valence-electron chi connectivity index (χ3n) is 0. The summed E-state index contributed by atoms with van der Waals surface area (Å²) in [6.45, 7) is 0. The number of rotatable bonds is 0. The molecule has 0 aromatic heterocycles. The molecule has 8 N–H and O–H groups in total. The molecule has 0 amide bonds. The highest BCUT2D eigenvalue weighted by Crippen LogP contribution is -0.286. The molecular formula is H17Al2BO4. The van der Waals surface area contributed by atoms with Crippen LogP contribution in [-0.4, -0.2) is 65.0 Å². The van der Waals surface area contributed by atoms with Gasteiger partial charge in [-0.05, 0) is 0 Å². The first-order chi connectivity index (χ1) is 0. The van der Waals surface area contributed by atoms with Crippen LogP contribution in [0.4, 0.5) is 0 Å². The van der Waals surface area contributed by atoms with Crippen LogP contribution in [0.1, 0.15) is 0 Å². The maximum absolute atomic E-state index is 0. The summed E-state index contributed by atoms with van der Waals surface area (Å²) in [5, 5.41) is 0. The molecule has 0 aromatic rings. The van der Waals surface area contributed by atoms with Crippen LogP contribution < -0.4 is 0 Å². The second-order valence-electron chi connectivity index (χ2n) is 0. The third-order valence-corrected chi connectivity index (χ3v) is 0. The quantitative estimate of drug-likeness (QED) is 0.301. The van der Waals surface area contributed by atoms with E-state index in [0.717, 1.165) is 0 Å². The minimum atomic E-state index is 0. The molecule has 50 valence electrons. The van der Waals surface area contributed by atoms with Crippen molar-refractivity contribution in [1.29, 1.82) is 0 Å². The van der Waals surface area contributed by atoms with Crippen LogP contribution in [0.3, 0.4) is 0 Å². The van der Waals surface area contributed by atoms with E-state index in [4.69, 9.17) is 0 Å². The van der Waals surface area contributed by atoms with Gasteiger partial charge in [0.15, 0.2) is 34.7 Å². The predicted molar refractivity (Wildman–Crippen MR) is 44.3 cm³/mol. The van der Waals surface area contributed by atoms with Crippen molar-refractivity contribution < 1.29 is 21.9 Å². The summed E-state index contributed by atoms with van der Waals surface area (Å²) >= 11 is 0. The molecular weight excluding hydrogens is 129 g/mol. The summed E-state index contributed by atoms with van der Waals surface area (Å²) in [7, 11) is 0. The standard InChI is InChI=1S/2Al.BH3.4H2O.6H/h;;1H3;4*1H2;;;;;;. The van der Waals surface area contributed by atoms with Crippen LogP contribution in [0.5, 0.6) is 0 Å². The SMILES string of the molecule is B.O.O.O.O.[AlH3].[AlH3]. The fraction of sp³-hybridized carbons (Fsp3) is 0. The fourth-order valence-electron chi connectivity index (χ4n) is 0. The van der Waals surface area contributed by atoms with Crippen molar-refractivity contribution in [3.05, 3.63) is 0 Å². The Morgan fingerprint density at radius 1 is 0.429 bits per heavy atom. The van der Waals surface area contributed by atoms with E-state index in [1.807, 2.05) is 0 Å². The highest BCUT2D eigenvalue weighted by atomic mass is 27.0. The zero-order valence-corrected chi connectivity index (χ0v) is 2.00. The maximum atomic E-state index is 0. The van der Waals surface area contributed by atoms with Crippen LogP contribution >= 0.6 is 0 Å². The molecule has 0 atom stereocenters. The van der Waals surface area contributed by atoms with Gasteiger partial charge in [0.05, 0.1) is 8.41 Å². The van der Waals surface area contributed by atoms with E-state index < -0.39 is 0 Å². The summed E-state index contributed by atoms with van der Waals surface area (Å²) in [5.41, 5.74) is 0. The van der Waals surface area contributed by atoms with Crippen molar-refractivity contribution in [3.8, 4) is 0 Å². The van der Waals surface area contributed by atoms with E-state index >= 15 is 0 Å². The molecule has 0 rings (SSSR count). The summed E-state index contributed by atoms with van der Waals surface area (Å²) < 4.78 is 0. The average Bonchev–Trinajstić information content (AvgIpc) is 0. The molecule has 0 aliphatic heterocycles. The van der Waals surface area contributed by atoms with Crippen LogP contribution in [0.15, 0.2) is 0 Å². The lowest BCUT2D eigenvalue weighted by Gasteiger charge is -0.413. The van der Waals surface area contributed by atoms with Gasteiger partial charge >= 0.3 is 0 Å². The van der Waals surface area contributed by atoms with Crippen LogP contribution in [0, 0.1) is 0 Å². The van der Waals surface area contributed by atoms with Gasteiger partial charge in [0.2, 0.25) is 0 Å². The van der Waals surface area contributed by atoms with Gasteiger partial charge in [-0.25, -0.2) is 0 Å². The lowest BCUT2D eigenvalue weighted by Crippen LogP contribution is -0.382. The van der Waals surface area contributed by atoms with E-state index in [9.17, 15) is 0 Å². The summed E-state index contributed by atoms with van der Waals surface area (Å²) in [5.74, 6) is 0. The third kappa shape index (κ3) is 183. The maximum Gasteiger partial charge on any atom is 0.187 e. The first kappa shape index (κ1) is 412. The summed E-state index contributed by atoms with van der Waals surface area (Å²) in [6, 6.07) is 0. The molecule has 7 heteroatoms. The highest BCUT2D eigenvalue weighted by molar-refractivity contribution is 5.76. The summed E-state index contributed by atoms with van der Waals surface area (Å²) in [6.07, 6.45) is 0. The van der Waals surface area contributed by atoms with E-state index in [-0.39, 0.29) is 65.0 Å². The van der Waals surface area contributed by atoms with E-state index in [1.54, 1.807) is 0 Å². The van der Waals surface area contributed by atoms with Crippen molar-refractivity contribution in [1.82, 2.24) is 0 Å². The Balaban J connectivity index is 0. The first-order valence-electron chi connectivity index (χ1n) is 0. The topological polar surface area (TPSA) is 126 Å². The molecule has 0 bridgehead atoms. The lowest BCUT2D eigenvalue weighted by molar-refractivity contribution is 0.823. The molecule has 0 radical (unpaired) electrons. The first-order valence-corrected chi connectivity index (χ1v) is 0. The lowest BCUT2D eigenvalue weighted by atomic mass is 10.8. The Morgan fingerprint density at radius 3 is 0.429 bits per heavy atom. The molecule has 0 heterocycles. The van der Waals surface area contributed by atoms with E-state index in [0.29, 0.717) is 0 Å². The monoisotopic (exact) mass is 146 g/mol. The van der Waals surface area contributed by atoms with Crippen molar-refractivity contribution in [2.75, 3.05) is 0 Å². The summed E-state index contributed by atoms with van der Waals surface area (Å²) in [4.78, 5) is 0. The van der Waals surface area contributed by atoms with Gasteiger partial charge in [0, 0.05) is 0 Å². The van der Waals surface area contributed by atoms with E-state index in [2.05, 4.69) is 0 Å². The Morgan fingerprint density at radius 2 is 0.429 bits per heavy atom. The molecule has 0 fully saturated rings. The van der Waals surface area contributed by atoms with Gasteiger partial charge in [-0.2, -0.15) is 0 Å². The van der Waals surface area contributed by atoms with Crippen molar-refractivity contribution in [2.24, 2.45) is 0 Å². The highest BCUT2D eigenvalue weighted by Gasteiger charge is 0.188. The number of hydrogen-bond acceptors (Lipinski definition) is 0. The zero-order valence-electron chi connectivity index (χ0n) is 2.00. The van der Waals surface area contributed by atoms with Gasteiger partial charge in [-0.1, -0.05) is 0 Å². The molecule has 0 spiro atoms. The molecule has 4 nitrogen and oxygen atoms in total. The minimum absolute atomic E-state index is 0. The zero-order chi connectivity index (χ0) is 0. The Kier molecular flexibility index (Phi) is 15500. The largest absolute Gasteiger partial charge is 0.412 e. The van der Waals surface area contributed by atoms with Gasteiger partial charge in [-0.3, -0.25) is 0 Å². The minimum Gasteiger partial charge on any atom is -0.412 e. The molecule has 0 aliphatic rings. The molecule has 0 saturated heterocycles. The predicted octanol–water partition coefficient (Wildman–Crippen LogP) is -6.85. The van der Waals surface area contributed by atoms with Gasteiger partial charge in [0.1, 0.15) is 0 Å². The molecule has 0 saturated carbocycles. The van der Waals surface area contributed by atoms with Crippen molar-refractivity contribution >= 4 is 43.1 Å². The number of hydrogen-bond donors (Lipinski definition) is 0. The van der Waals surface area contributed by atoms with Crippen molar-refractivity contribution in [2.45, 2.75) is 0 Å². The fourth-order valence-corrected chi connectivity index (χ4v) is 0. The Hall–Kier alpha value is 0.970. The average molecular weight is 146 g/mol. The molecule has 0 unspecified atom stereocenters. The van der Waals surface area contributed by atoms with Gasteiger partial charge in [0.25, 0.3) is 0 Å².